The highest BCUT2D eigenvalue weighted by atomic mass is 16.6. The smallest absolute Gasteiger partial charge is 0.408 e. The van der Waals surface area contributed by atoms with E-state index >= 15 is 0 Å². The molecule has 0 aliphatic carbocycles. The van der Waals surface area contributed by atoms with Crippen molar-refractivity contribution in [1.29, 1.82) is 0 Å². The first-order valence-corrected chi connectivity index (χ1v) is 24.6. The van der Waals surface area contributed by atoms with Gasteiger partial charge in [0.2, 0.25) is 29.5 Å². The Morgan fingerprint density at radius 2 is 1.11 bits per heavy atom. The summed E-state index contributed by atoms with van der Waals surface area (Å²) in [4.78, 5) is 111. The lowest BCUT2D eigenvalue weighted by Gasteiger charge is -2.54. The van der Waals surface area contributed by atoms with Crippen LogP contribution in [0.4, 0.5) is 9.59 Å². The first-order valence-electron chi connectivity index (χ1n) is 24.6. The van der Waals surface area contributed by atoms with E-state index in [1.165, 1.54) is 0 Å². The number of nitrogens with zero attached hydrogens (tertiary/aromatic N) is 2. The number of benzene rings is 2. The van der Waals surface area contributed by atoms with Crippen molar-refractivity contribution in [2.24, 2.45) is 11.3 Å². The predicted octanol–water partition coefficient (Wildman–Crippen LogP) is 4.96. The highest BCUT2D eigenvalue weighted by Crippen LogP contribution is 2.41. The maximum atomic E-state index is 14.5. The Labute approximate surface area is 413 Å². The minimum Gasteiger partial charge on any atom is -0.466 e. The van der Waals surface area contributed by atoms with E-state index in [1.807, 2.05) is 74.5 Å². The van der Waals surface area contributed by atoms with E-state index in [9.17, 15) is 38.4 Å². The third-order valence-electron chi connectivity index (χ3n) is 11.9. The molecule has 4 rings (SSSR count). The molecule has 0 saturated carbocycles. The molecule has 0 unspecified atom stereocenters. The van der Waals surface area contributed by atoms with Gasteiger partial charge in [-0.25, -0.2) is 9.59 Å². The zero-order valence-corrected chi connectivity index (χ0v) is 42.7. The largest absolute Gasteiger partial charge is 0.466 e. The third-order valence-corrected chi connectivity index (χ3v) is 11.9. The van der Waals surface area contributed by atoms with Crippen LogP contribution in [0.1, 0.15) is 118 Å². The summed E-state index contributed by atoms with van der Waals surface area (Å²) in [5, 5.41) is 14.1. The Balaban J connectivity index is 1.52. The Bertz CT molecular complexity index is 2070. The second-order valence-electron chi connectivity index (χ2n) is 20.9. The van der Waals surface area contributed by atoms with Crippen molar-refractivity contribution >= 4 is 47.7 Å². The van der Waals surface area contributed by atoms with Crippen LogP contribution >= 0.6 is 0 Å². The summed E-state index contributed by atoms with van der Waals surface area (Å²) in [6.07, 6.45) is 1.12. The molecule has 2 aliphatic heterocycles. The number of hydrogen-bond acceptors (Lipinski definition) is 11. The predicted molar refractivity (Wildman–Crippen MR) is 263 cm³/mol. The molecule has 1 spiro atoms. The van der Waals surface area contributed by atoms with Crippen LogP contribution in [0, 0.1) is 11.3 Å². The number of piperidine rings is 1. The Hall–Kier alpha value is -6.20. The Morgan fingerprint density at radius 3 is 1.63 bits per heavy atom. The van der Waals surface area contributed by atoms with Crippen LogP contribution in [-0.4, -0.2) is 132 Å². The van der Waals surface area contributed by atoms with E-state index in [0.29, 0.717) is 51.9 Å². The highest BCUT2D eigenvalue weighted by Gasteiger charge is 2.48. The molecule has 5 N–H and O–H groups in total. The van der Waals surface area contributed by atoms with E-state index in [2.05, 4.69) is 26.6 Å². The number of nitrogens with one attached hydrogen (secondary N) is 5. The average Bonchev–Trinajstić information content (AvgIpc) is 3.26. The van der Waals surface area contributed by atoms with Gasteiger partial charge in [0, 0.05) is 51.0 Å². The molecule has 2 heterocycles. The normalized spacial score (nSPS) is 16.1. The van der Waals surface area contributed by atoms with Gasteiger partial charge < -0.3 is 50.6 Å². The van der Waals surface area contributed by atoms with E-state index in [0.717, 1.165) is 11.1 Å². The second-order valence-corrected chi connectivity index (χ2v) is 20.9. The van der Waals surface area contributed by atoms with Crippen LogP contribution in [0.15, 0.2) is 60.7 Å². The minimum atomic E-state index is -1.19. The van der Waals surface area contributed by atoms with Crippen molar-refractivity contribution in [2.45, 2.75) is 155 Å². The molecule has 7 amide bonds. The molecule has 0 bridgehead atoms. The van der Waals surface area contributed by atoms with Gasteiger partial charge in [-0.05, 0) is 104 Å². The van der Waals surface area contributed by atoms with E-state index < -0.39 is 71.2 Å². The first kappa shape index (κ1) is 56.4. The summed E-state index contributed by atoms with van der Waals surface area (Å²) < 4.78 is 15.8. The fraction of sp³-hybridized carbons (Fsp3) is 0.615. The zero-order valence-electron chi connectivity index (χ0n) is 42.7. The molecule has 18 nitrogen and oxygen atoms in total. The standard InChI is InChI=1S/C52H77N7O11/c1-10-68-43(61)32-42(60)59-33-52(34-59)24-27-58(28-25-52)47(65)38(23-17-18-26-53-48(66)69-50(4,5)6)54-44(62)39(29-35(2)3)55-45(63)40(30-36-19-13-11-14-20-36)56-46(64)41(31-37-21-15-12-16-22-37)57-49(67)70-51(7,8)9/h11-16,19-22,35,38-41H,10,17-18,23-34H2,1-9H3,(H,53,66)(H,54,62)(H,55,63)(H,56,64)(H,57,67)/t38-,39-,40-,41-/m1/s1. The molecule has 2 saturated heterocycles. The average molecular weight is 976 g/mol. The maximum Gasteiger partial charge on any atom is 0.408 e. The van der Waals surface area contributed by atoms with Gasteiger partial charge >= 0.3 is 18.2 Å². The SMILES string of the molecule is CCOC(=O)CC(=O)N1CC2(CCN(C(=O)[C@@H](CCCCNC(=O)OC(C)(C)C)NC(=O)[C@@H](CC(C)C)NC(=O)[C@@H](Cc3ccccc3)NC(=O)[C@@H](Cc3ccccc3)NC(=O)OC(C)(C)C)CC2)C1. The fourth-order valence-corrected chi connectivity index (χ4v) is 8.45. The van der Waals surface area contributed by atoms with Crippen molar-refractivity contribution in [1.82, 2.24) is 36.4 Å². The molecule has 18 heteroatoms. The monoisotopic (exact) mass is 976 g/mol. The number of carbonyl (C=O) groups is 8. The van der Waals surface area contributed by atoms with Gasteiger partial charge in [0.15, 0.2) is 0 Å². The van der Waals surface area contributed by atoms with Crippen molar-refractivity contribution < 1.29 is 52.6 Å². The molecule has 0 radical (unpaired) electrons. The van der Waals surface area contributed by atoms with E-state index in [1.54, 1.807) is 58.3 Å². The van der Waals surface area contributed by atoms with Gasteiger partial charge in [0.25, 0.3) is 0 Å². The molecular weight excluding hydrogens is 899 g/mol. The summed E-state index contributed by atoms with van der Waals surface area (Å²) in [5.74, 6) is -3.06. The summed E-state index contributed by atoms with van der Waals surface area (Å²) in [7, 11) is 0. The number of hydrogen-bond donors (Lipinski definition) is 5. The number of ether oxygens (including phenoxy) is 3. The Morgan fingerprint density at radius 1 is 0.629 bits per heavy atom. The van der Waals surface area contributed by atoms with Gasteiger partial charge in [-0.1, -0.05) is 74.5 Å². The first-order chi connectivity index (χ1) is 32.9. The van der Waals surface area contributed by atoms with Crippen LogP contribution in [0.2, 0.25) is 0 Å². The molecule has 2 fully saturated rings. The lowest BCUT2D eigenvalue weighted by atomic mass is 9.71. The number of likely N-dealkylation sites (tertiary alicyclic amines) is 2. The molecule has 0 aromatic heterocycles. The van der Waals surface area contributed by atoms with Crippen molar-refractivity contribution in [3.05, 3.63) is 71.8 Å². The van der Waals surface area contributed by atoms with Crippen molar-refractivity contribution in [2.75, 3.05) is 39.3 Å². The highest BCUT2D eigenvalue weighted by molar-refractivity contribution is 5.96. The number of esters is 1. The molecule has 2 aromatic rings. The van der Waals surface area contributed by atoms with Crippen LogP contribution in [0.25, 0.3) is 0 Å². The maximum absolute atomic E-state index is 14.5. The Kier molecular flexibility index (Phi) is 21.1. The number of rotatable bonds is 22. The molecular formula is C52H77N7O11. The second kappa shape index (κ2) is 26.1. The van der Waals surface area contributed by atoms with Gasteiger partial charge in [-0.15, -0.1) is 0 Å². The van der Waals surface area contributed by atoms with Crippen LogP contribution in [0.3, 0.4) is 0 Å². The molecule has 2 aliphatic rings. The molecule has 2 aromatic carbocycles. The molecule has 4 atom stereocenters. The fourth-order valence-electron chi connectivity index (χ4n) is 8.45. The number of alkyl carbamates (subject to hydrolysis) is 2. The van der Waals surface area contributed by atoms with E-state index in [-0.39, 0.29) is 68.4 Å². The number of carbonyl (C=O) groups excluding carboxylic acids is 8. The number of unbranched alkanes of at least 4 members (excludes halogenated alkanes) is 1. The minimum absolute atomic E-state index is 0.0607. The zero-order chi connectivity index (χ0) is 51.6. The number of amides is 7. The third kappa shape index (κ3) is 19.3. The van der Waals surface area contributed by atoms with Gasteiger partial charge in [0.05, 0.1) is 6.61 Å². The topological polar surface area (TPSA) is 231 Å². The lowest BCUT2D eigenvalue weighted by molar-refractivity contribution is -0.157. The van der Waals surface area contributed by atoms with Gasteiger partial charge in [0.1, 0.15) is 41.8 Å². The summed E-state index contributed by atoms with van der Waals surface area (Å²) in [5.41, 5.74) is -0.195. The van der Waals surface area contributed by atoms with Crippen LogP contribution in [0.5, 0.6) is 0 Å². The quantitative estimate of drug-likeness (QED) is 0.0458. The lowest BCUT2D eigenvalue weighted by Crippen LogP contribution is -2.63. The van der Waals surface area contributed by atoms with Crippen LogP contribution < -0.4 is 26.6 Å². The van der Waals surface area contributed by atoms with Gasteiger partial charge in [-0.2, -0.15) is 0 Å². The summed E-state index contributed by atoms with van der Waals surface area (Å²) in [6.45, 7) is 18.2. The van der Waals surface area contributed by atoms with Crippen LogP contribution in [-0.2, 0) is 55.8 Å². The molecule has 386 valence electrons. The molecule has 70 heavy (non-hydrogen) atoms. The summed E-state index contributed by atoms with van der Waals surface area (Å²) in [6, 6.07) is 13.8. The summed E-state index contributed by atoms with van der Waals surface area (Å²) >= 11 is 0. The van der Waals surface area contributed by atoms with Crippen molar-refractivity contribution in [3.8, 4) is 0 Å². The van der Waals surface area contributed by atoms with Crippen molar-refractivity contribution in [3.63, 3.8) is 0 Å². The van der Waals surface area contributed by atoms with Gasteiger partial charge in [-0.3, -0.25) is 28.8 Å². The van der Waals surface area contributed by atoms with E-state index in [4.69, 9.17) is 14.2 Å².